The van der Waals surface area contributed by atoms with Gasteiger partial charge in [-0.25, -0.2) is 9.78 Å². The fraction of sp³-hybridized carbons (Fsp3) is 0.267. The third-order valence-electron chi connectivity index (χ3n) is 3.63. The summed E-state index contributed by atoms with van der Waals surface area (Å²) < 4.78 is 2.95. The zero-order valence-electron chi connectivity index (χ0n) is 13.8. The number of carbonyl (C=O) groups excluding carboxylic acids is 1. The van der Waals surface area contributed by atoms with E-state index in [1.807, 2.05) is 6.20 Å². The van der Waals surface area contributed by atoms with Crippen molar-refractivity contribution in [3.05, 3.63) is 35.9 Å². The van der Waals surface area contributed by atoms with Gasteiger partial charge >= 0.3 is 5.97 Å². The fourth-order valence-electron chi connectivity index (χ4n) is 2.03. The Balaban J connectivity index is 1.74. The Bertz CT molecular complexity index is 939. The van der Waals surface area contributed by atoms with Gasteiger partial charge in [-0.15, -0.1) is 11.3 Å². The van der Waals surface area contributed by atoms with Crippen molar-refractivity contribution in [1.82, 2.24) is 24.5 Å². The lowest BCUT2D eigenvalue weighted by molar-refractivity contribution is -0.146. The maximum Gasteiger partial charge on any atom is 0.331 e. The van der Waals surface area contributed by atoms with E-state index in [1.54, 1.807) is 23.3 Å². The predicted octanol–water partition coefficient (Wildman–Crippen LogP) is 1.81. The van der Waals surface area contributed by atoms with Gasteiger partial charge in [-0.1, -0.05) is 0 Å². The number of rotatable bonds is 5. The number of carboxylic acids is 1. The Morgan fingerprint density at radius 1 is 1.24 bits per heavy atom. The molecule has 3 aromatic rings. The predicted molar refractivity (Wildman–Crippen MR) is 91.5 cm³/mol. The molecule has 130 valence electrons. The van der Waals surface area contributed by atoms with Crippen molar-refractivity contribution in [2.75, 3.05) is 5.32 Å². The summed E-state index contributed by atoms with van der Waals surface area (Å²) in [6, 6.07) is 0. The van der Waals surface area contributed by atoms with Gasteiger partial charge < -0.3 is 10.4 Å². The molecule has 0 bridgehead atoms. The van der Waals surface area contributed by atoms with Crippen molar-refractivity contribution in [3.8, 4) is 10.6 Å². The van der Waals surface area contributed by atoms with Gasteiger partial charge in [0.05, 0.1) is 18.1 Å². The van der Waals surface area contributed by atoms with Gasteiger partial charge in [-0.2, -0.15) is 10.2 Å². The Labute approximate surface area is 146 Å². The average molecular weight is 360 g/mol. The summed E-state index contributed by atoms with van der Waals surface area (Å²) in [5.74, 6) is -1.41. The van der Waals surface area contributed by atoms with Crippen molar-refractivity contribution < 1.29 is 14.7 Å². The lowest BCUT2D eigenvalue weighted by Crippen LogP contribution is -2.35. The highest BCUT2D eigenvalue weighted by Gasteiger charge is 2.30. The van der Waals surface area contributed by atoms with Crippen molar-refractivity contribution in [1.29, 1.82) is 0 Å². The molecule has 3 rings (SSSR count). The van der Waals surface area contributed by atoms with Gasteiger partial charge in [0.15, 0.2) is 5.54 Å². The average Bonchev–Trinajstić information content (AvgIpc) is 3.26. The molecule has 1 amide bonds. The smallest absolute Gasteiger partial charge is 0.331 e. The third-order valence-corrected chi connectivity index (χ3v) is 4.52. The molecule has 0 spiro atoms. The molecule has 10 heteroatoms. The molecule has 0 aliphatic rings. The molecule has 2 N–H and O–H groups in total. The van der Waals surface area contributed by atoms with Gasteiger partial charge in [0.2, 0.25) is 0 Å². The summed E-state index contributed by atoms with van der Waals surface area (Å²) in [6.07, 6.45) is 6.37. The highest BCUT2D eigenvalue weighted by molar-refractivity contribution is 7.13. The maximum atomic E-state index is 12.3. The van der Waals surface area contributed by atoms with E-state index in [0.717, 1.165) is 5.56 Å². The molecule has 0 aromatic carbocycles. The van der Waals surface area contributed by atoms with Crippen LogP contribution < -0.4 is 5.32 Å². The normalized spacial score (nSPS) is 11.5. The summed E-state index contributed by atoms with van der Waals surface area (Å²) in [5.41, 5.74) is 0.295. The van der Waals surface area contributed by atoms with Crippen LogP contribution in [0.2, 0.25) is 0 Å². The number of hydrogen-bond donors (Lipinski definition) is 2. The minimum Gasteiger partial charge on any atom is -0.479 e. The van der Waals surface area contributed by atoms with E-state index in [0.29, 0.717) is 10.7 Å². The summed E-state index contributed by atoms with van der Waals surface area (Å²) in [5, 5.41) is 22.3. The molecule has 0 unspecified atom stereocenters. The van der Waals surface area contributed by atoms with E-state index < -0.39 is 11.5 Å². The van der Waals surface area contributed by atoms with E-state index in [-0.39, 0.29) is 11.6 Å². The lowest BCUT2D eigenvalue weighted by atomic mass is 10.1. The van der Waals surface area contributed by atoms with E-state index >= 15 is 0 Å². The number of carbonyl (C=O) groups is 2. The summed E-state index contributed by atoms with van der Waals surface area (Å²) in [7, 11) is 1.81. The van der Waals surface area contributed by atoms with Crippen molar-refractivity contribution in [2.45, 2.75) is 19.4 Å². The first-order chi connectivity index (χ1) is 11.8. The SMILES string of the molecule is Cn1cc(-c2nc(C(=O)Nc3cnn(C(C)(C)C(=O)O)c3)cs2)cn1. The Hall–Kier alpha value is -3.01. The van der Waals surface area contributed by atoms with Gasteiger partial charge in [-0.3, -0.25) is 14.2 Å². The number of nitrogens with one attached hydrogen (secondary N) is 1. The molecule has 0 fully saturated rings. The Kier molecular flexibility index (Phi) is 4.13. The minimum absolute atomic E-state index is 0.272. The van der Waals surface area contributed by atoms with Crippen LogP contribution in [-0.4, -0.2) is 41.5 Å². The van der Waals surface area contributed by atoms with E-state index in [2.05, 4.69) is 20.5 Å². The van der Waals surface area contributed by atoms with Crippen LogP contribution in [0.25, 0.3) is 10.6 Å². The first kappa shape index (κ1) is 16.8. The topological polar surface area (TPSA) is 115 Å². The van der Waals surface area contributed by atoms with Crippen LogP contribution in [0.3, 0.4) is 0 Å². The standard InChI is InChI=1S/C15H16N6O3S/c1-15(2,14(23)24)21-7-10(5-17-21)18-12(22)11-8-25-13(19-11)9-4-16-20(3)6-9/h4-8H,1-3H3,(H,18,22)(H,23,24). The van der Waals surface area contributed by atoms with Crippen LogP contribution >= 0.6 is 11.3 Å². The first-order valence-electron chi connectivity index (χ1n) is 7.32. The van der Waals surface area contributed by atoms with Gasteiger partial charge in [-0.05, 0) is 13.8 Å². The molecular formula is C15H16N6O3S. The van der Waals surface area contributed by atoms with Gasteiger partial charge in [0.25, 0.3) is 5.91 Å². The number of amides is 1. The molecule has 3 heterocycles. The number of hydrogen-bond acceptors (Lipinski definition) is 6. The third kappa shape index (κ3) is 3.29. The first-order valence-corrected chi connectivity index (χ1v) is 8.20. The molecule has 9 nitrogen and oxygen atoms in total. The minimum atomic E-state index is -1.21. The molecule has 0 atom stereocenters. The Morgan fingerprint density at radius 2 is 2.00 bits per heavy atom. The summed E-state index contributed by atoms with van der Waals surface area (Å²) >= 11 is 1.34. The van der Waals surface area contributed by atoms with Crippen LogP contribution in [0.1, 0.15) is 24.3 Å². The van der Waals surface area contributed by atoms with Crippen molar-refractivity contribution in [2.24, 2.45) is 7.05 Å². The fourth-order valence-corrected chi connectivity index (χ4v) is 2.80. The van der Waals surface area contributed by atoms with Crippen LogP contribution in [-0.2, 0) is 17.4 Å². The second-order valence-electron chi connectivity index (χ2n) is 5.93. The highest BCUT2D eigenvalue weighted by Crippen LogP contribution is 2.23. The molecule has 25 heavy (non-hydrogen) atoms. The van der Waals surface area contributed by atoms with Crippen LogP contribution in [0, 0.1) is 0 Å². The molecule has 3 aromatic heterocycles. The van der Waals surface area contributed by atoms with Crippen molar-refractivity contribution >= 4 is 28.9 Å². The van der Waals surface area contributed by atoms with E-state index in [4.69, 9.17) is 0 Å². The van der Waals surface area contributed by atoms with Crippen LogP contribution in [0.4, 0.5) is 5.69 Å². The zero-order valence-corrected chi connectivity index (χ0v) is 14.6. The second-order valence-corrected chi connectivity index (χ2v) is 6.79. The Morgan fingerprint density at radius 3 is 2.64 bits per heavy atom. The van der Waals surface area contributed by atoms with E-state index in [9.17, 15) is 14.7 Å². The largest absolute Gasteiger partial charge is 0.479 e. The number of anilines is 1. The van der Waals surface area contributed by atoms with Gasteiger partial charge in [0, 0.05) is 30.4 Å². The molecule has 0 aliphatic heterocycles. The van der Waals surface area contributed by atoms with Crippen LogP contribution in [0.5, 0.6) is 0 Å². The highest BCUT2D eigenvalue weighted by atomic mass is 32.1. The zero-order chi connectivity index (χ0) is 18.2. The molecule has 0 saturated heterocycles. The molecule has 0 radical (unpaired) electrons. The number of aliphatic carboxylic acids is 1. The monoisotopic (exact) mass is 360 g/mol. The second kappa shape index (κ2) is 6.13. The summed E-state index contributed by atoms with van der Waals surface area (Å²) in [6.45, 7) is 3.04. The number of thiazole rings is 1. The van der Waals surface area contributed by atoms with Gasteiger partial charge in [0.1, 0.15) is 10.7 Å². The van der Waals surface area contributed by atoms with Crippen LogP contribution in [0.15, 0.2) is 30.2 Å². The van der Waals surface area contributed by atoms with E-state index in [1.165, 1.54) is 42.3 Å². The lowest BCUT2D eigenvalue weighted by Gasteiger charge is -2.19. The maximum absolute atomic E-state index is 12.3. The molecule has 0 aliphatic carbocycles. The molecule has 0 saturated carbocycles. The van der Waals surface area contributed by atoms with Crippen molar-refractivity contribution in [3.63, 3.8) is 0 Å². The summed E-state index contributed by atoms with van der Waals surface area (Å²) in [4.78, 5) is 27.9. The number of carboxylic acid groups (broad SMARTS) is 1. The number of nitrogens with zero attached hydrogens (tertiary/aromatic N) is 5. The number of aromatic nitrogens is 5. The molecular weight excluding hydrogens is 344 g/mol. The quantitative estimate of drug-likeness (QED) is 0.717. The number of aryl methyl sites for hydroxylation is 1.